The molecule has 0 heterocycles. The molecule has 0 rings (SSSR count). The quantitative estimate of drug-likeness (QED) is 0.370. The van der Waals surface area contributed by atoms with Gasteiger partial charge in [0.2, 0.25) is 11.8 Å². The first kappa shape index (κ1) is 24.9. The van der Waals surface area contributed by atoms with Crippen LogP contribution in [0.1, 0.15) is 20.3 Å². The summed E-state index contributed by atoms with van der Waals surface area (Å²) in [7, 11) is 0. The maximum atomic E-state index is 11.5. The molecule has 0 aromatic heterocycles. The van der Waals surface area contributed by atoms with Gasteiger partial charge in [-0.15, -0.1) is 0 Å². The number of thiol groups is 1. The monoisotopic (exact) mass is 346 g/mol. The highest BCUT2D eigenvalue weighted by Gasteiger charge is 2.32. The number of carbonyl (C=O) groups excluding carboxylic acids is 2. The Morgan fingerprint density at radius 1 is 1.20 bits per heavy atom. The number of hydrogen-bond acceptors (Lipinski definition) is 5. The standard InChI is InChI=1S/C11H22N2O4S.2H2S/c1-11(2,7-14)9(16)10(17)13-4-3-8(15)12-5-6-18;;/h9,14,16,18H,3-7H2,1-2H3,(H,12,15)(H,13,17);2*1H2. The minimum atomic E-state index is -1.30. The lowest BCUT2D eigenvalue weighted by Crippen LogP contribution is -2.46. The fourth-order valence-corrected chi connectivity index (χ4v) is 1.23. The molecule has 20 heavy (non-hydrogen) atoms. The summed E-state index contributed by atoms with van der Waals surface area (Å²) < 4.78 is 0. The van der Waals surface area contributed by atoms with Crippen molar-refractivity contribution in [2.45, 2.75) is 26.4 Å². The largest absolute Gasteiger partial charge is 0.396 e. The Bertz CT molecular complexity index is 291. The number of aliphatic hydroxyl groups excluding tert-OH is 2. The van der Waals surface area contributed by atoms with Crippen LogP contribution in [0.2, 0.25) is 0 Å². The van der Waals surface area contributed by atoms with E-state index < -0.39 is 17.4 Å². The maximum Gasteiger partial charge on any atom is 0.249 e. The summed E-state index contributed by atoms with van der Waals surface area (Å²) >= 11 is 3.95. The average Bonchev–Trinajstić information content (AvgIpc) is 2.35. The van der Waals surface area contributed by atoms with Crippen LogP contribution in [0.4, 0.5) is 0 Å². The van der Waals surface area contributed by atoms with Crippen molar-refractivity contribution >= 4 is 51.4 Å². The molecule has 2 amide bonds. The summed E-state index contributed by atoms with van der Waals surface area (Å²) in [6.45, 7) is 3.49. The molecule has 0 spiro atoms. The predicted molar refractivity (Wildman–Crippen MR) is 92.1 cm³/mol. The molecule has 0 aliphatic rings. The molecule has 0 aliphatic heterocycles. The van der Waals surface area contributed by atoms with E-state index in [1.54, 1.807) is 13.8 Å². The Hall–Kier alpha value is -0.0900. The summed E-state index contributed by atoms with van der Waals surface area (Å²) in [5.41, 5.74) is -0.904. The molecule has 4 N–H and O–H groups in total. The van der Waals surface area contributed by atoms with Gasteiger partial charge in [-0.25, -0.2) is 0 Å². The first-order chi connectivity index (χ1) is 8.35. The first-order valence-corrected chi connectivity index (χ1v) is 6.42. The molecule has 9 heteroatoms. The number of aliphatic hydroxyl groups is 2. The van der Waals surface area contributed by atoms with E-state index in [1.165, 1.54) is 0 Å². The van der Waals surface area contributed by atoms with Gasteiger partial charge in [0.25, 0.3) is 0 Å². The number of rotatable bonds is 8. The molecule has 122 valence electrons. The topological polar surface area (TPSA) is 98.7 Å². The van der Waals surface area contributed by atoms with Crippen LogP contribution in [0.15, 0.2) is 0 Å². The van der Waals surface area contributed by atoms with Crippen LogP contribution in [0.5, 0.6) is 0 Å². The number of hydrogen-bond donors (Lipinski definition) is 5. The molecule has 0 radical (unpaired) electrons. The summed E-state index contributed by atoms with van der Waals surface area (Å²) in [5.74, 6) is -0.210. The third kappa shape index (κ3) is 9.76. The molecule has 0 aromatic rings. The highest BCUT2D eigenvalue weighted by molar-refractivity contribution is 7.80. The molecule has 0 bridgehead atoms. The highest BCUT2D eigenvalue weighted by atomic mass is 32.1. The average molecular weight is 347 g/mol. The van der Waals surface area contributed by atoms with Crippen LogP contribution >= 0.6 is 39.6 Å². The third-order valence-electron chi connectivity index (χ3n) is 2.48. The van der Waals surface area contributed by atoms with Gasteiger partial charge in [-0.1, -0.05) is 13.8 Å². The van der Waals surface area contributed by atoms with Gasteiger partial charge in [0.1, 0.15) is 6.10 Å². The van der Waals surface area contributed by atoms with Gasteiger partial charge < -0.3 is 20.8 Å². The van der Waals surface area contributed by atoms with E-state index in [9.17, 15) is 14.7 Å². The Morgan fingerprint density at radius 2 is 1.75 bits per heavy atom. The summed E-state index contributed by atoms with van der Waals surface area (Å²) in [5, 5.41) is 23.7. The van der Waals surface area contributed by atoms with Crippen molar-refractivity contribution in [1.82, 2.24) is 10.6 Å². The zero-order chi connectivity index (χ0) is 14.2. The fraction of sp³-hybridized carbons (Fsp3) is 0.818. The smallest absolute Gasteiger partial charge is 0.249 e. The van der Waals surface area contributed by atoms with Crippen LogP contribution in [0.3, 0.4) is 0 Å². The van der Waals surface area contributed by atoms with Gasteiger partial charge in [-0.3, -0.25) is 9.59 Å². The Labute approximate surface area is 139 Å². The summed E-state index contributed by atoms with van der Waals surface area (Å²) in [6.07, 6.45) is -1.16. The molecule has 0 aromatic carbocycles. The zero-order valence-electron chi connectivity index (χ0n) is 11.8. The van der Waals surface area contributed by atoms with Crippen LogP contribution in [0, 0.1) is 5.41 Å². The van der Waals surface area contributed by atoms with Crippen molar-refractivity contribution in [3.63, 3.8) is 0 Å². The second-order valence-electron chi connectivity index (χ2n) is 4.66. The van der Waals surface area contributed by atoms with E-state index in [1.807, 2.05) is 0 Å². The van der Waals surface area contributed by atoms with Gasteiger partial charge in [-0.05, 0) is 0 Å². The molecule has 0 saturated heterocycles. The molecule has 6 nitrogen and oxygen atoms in total. The SMILES string of the molecule is CC(C)(CO)C(O)C(=O)NCCC(=O)NCCS.S.S. The van der Waals surface area contributed by atoms with Crippen molar-refractivity contribution in [2.24, 2.45) is 5.41 Å². The van der Waals surface area contributed by atoms with Crippen molar-refractivity contribution in [3.05, 3.63) is 0 Å². The molecular weight excluding hydrogens is 320 g/mol. The van der Waals surface area contributed by atoms with Crippen molar-refractivity contribution < 1.29 is 19.8 Å². The minimum Gasteiger partial charge on any atom is -0.396 e. The van der Waals surface area contributed by atoms with Crippen LogP contribution in [-0.4, -0.2) is 53.6 Å². The van der Waals surface area contributed by atoms with Crippen LogP contribution < -0.4 is 10.6 Å². The second kappa shape index (κ2) is 12.6. The minimum absolute atomic E-state index is 0. The van der Waals surface area contributed by atoms with Crippen LogP contribution in [-0.2, 0) is 9.59 Å². The summed E-state index contributed by atoms with van der Waals surface area (Å²) in [6, 6.07) is 0. The summed E-state index contributed by atoms with van der Waals surface area (Å²) in [4.78, 5) is 22.7. The lowest BCUT2D eigenvalue weighted by atomic mass is 9.87. The molecule has 1 atom stereocenters. The van der Waals surface area contributed by atoms with Crippen LogP contribution in [0.25, 0.3) is 0 Å². The maximum absolute atomic E-state index is 11.5. The molecule has 1 unspecified atom stereocenters. The van der Waals surface area contributed by atoms with Gasteiger partial charge in [0.05, 0.1) is 6.61 Å². The fourth-order valence-electron chi connectivity index (χ4n) is 1.12. The van der Waals surface area contributed by atoms with E-state index in [0.717, 1.165) is 0 Å². The van der Waals surface area contributed by atoms with Crippen molar-refractivity contribution in [2.75, 3.05) is 25.4 Å². The van der Waals surface area contributed by atoms with E-state index in [2.05, 4.69) is 23.3 Å². The number of carbonyl (C=O) groups is 2. The Kier molecular flexibility index (Phi) is 15.7. The van der Waals surface area contributed by atoms with Gasteiger partial charge in [0.15, 0.2) is 0 Å². The van der Waals surface area contributed by atoms with Gasteiger partial charge in [-0.2, -0.15) is 39.6 Å². The predicted octanol–water partition coefficient (Wildman–Crippen LogP) is -0.856. The Balaban J connectivity index is -0.00000144. The number of nitrogens with one attached hydrogen (secondary N) is 2. The highest BCUT2D eigenvalue weighted by Crippen LogP contribution is 2.19. The van der Waals surface area contributed by atoms with Crippen molar-refractivity contribution in [3.8, 4) is 0 Å². The molecule has 0 fully saturated rings. The second-order valence-corrected chi connectivity index (χ2v) is 5.11. The van der Waals surface area contributed by atoms with Gasteiger partial charge in [0, 0.05) is 30.7 Å². The first-order valence-electron chi connectivity index (χ1n) is 5.79. The van der Waals surface area contributed by atoms with Crippen molar-refractivity contribution in [1.29, 1.82) is 0 Å². The van der Waals surface area contributed by atoms with E-state index in [0.29, 0.717) is 12.3 Å². The van der Waals surface area contributed by atoms with E-state index >= 15 is 0 Å². The Morgan fingerprint density at radius 3 is 2.20 bits per heavy atom. The van der Waals surface area contributed by atoms with Gasteiger partial charge >= 0.3 is 0 Å². The van der Waals surface area contributed by atoms with E-state index in [-0.39, 0.29) is 52.5 Å². The number of amides is 2. The molecule has 0 saturated carbocycles. The molecule has 0 aliphatic carbocycles. The third-order valence-corrected chi connectivity index (χ3v) is 2.70. The lowest BCUT2D eigenvalue weighted by Gasteiger charge is -2.27. The normalized spacial score (nSPS) is 11.7. The lowest BCUT2D eigenvalue weighted by molar-refractivity contribution is -0.137. The van der Waals surface area contributed by atoms with E-state index in [4.69, 9.17) is 5.11 Å². The molecular formula is C11H26N2O4S3. The zero-order valence-corrected chi connectivity index (χ0v) is 14.7.